The standard InChI is InChI=1S/C17H25N3O4/c21-16(20-6-2-1-3-7-20)9-12-4-5-18-11-13(12)8-14-10-15(17(22)23)24-19-14/h10,12-13,18H,1-9,11H2,(H,22,23). The number of carbonyl (C=O) groups is 2. The molecule has 0 saturated carbocycles. The first-order valence-electron chi connectivity index (χ1n) is 8.81. The van der Waals surface area contributed by atoms with Crippen LogP contribution in [0.25, 0.3) is 0 Å². The molecule has 0 bridgehead atoms. The molecule has 0 aliphatic carbocycles. The number of piperidine rings is 2. The second-order valence-electron chi connectivity index (χ2n) is 6.85. The summed E-state index contributed by atoms with van der Waals surface area (Å²) in [7, 11) is 0. The van der Waals surface area contributed by atoms with Crippen LogP contribution in [0.1, 0.15) is 48.4 Å². The van der Waals surface area contributed by atoms with Gasteiger partial charge in [-0.3, -0.25) is 4.79 Å². The highest BCUT2D eigenvalue weighted by Crippen LogP contribution is 2.27. The van der Waals surface area contributed by atoms with E-state index in [2.05, 4.69) is 10.5 Å². The van der Waals surface area contributed by atoms with Gasteiger partial charge in [-0.1, -0.05) is 5.16 Å². The first-order chi connectivity index (χ1) is 11.6. The molecular weight excluding hydrogens is 310 g/mol. The Morgan fingerprint density at radius 1 is 1.29 bits per heavy atom. The van der Waals surface area contributed by atoms with Crippen LogP contribution < -0.4 is 5.32 Å². The molecule has 2 N–H and O–H groups in total. The van der Waals surface area contributed by atoms with Crippen molar-refractivity contribution in [2.45, 2.75) is 38.5 Å². The van der Waals surface area contributed by atoms with E-state index in [4.69, 9.17) is 9.63 Å². The monoisotopic (exact) mass is 335 g/mol. The van der Waals surface area contributed by atoms with Gasteiger partial charge in [-0.15, -0.1) is 0 Å². The van der Waals surface area contributed by atoms with Gasteiger partial charge in [0.05, 0.1) is 5.69 Å². The molecule has 1 amide bonds. The summed E-state index contributed by atoms with van der Waals surface area (Å²) < 4.78 is 4.83. The third-order valence-electron chi connectivity index (χ3n) is 5.15. The average Bonchev–Trinajstić information content (AvgIpc) is 3.06. The van der Waals surface area contributed by atoms with Crippen molar-refractivity contribution in [3.8, 4) is 0 Å². The van der Waals surface area contributed by atoms with E-state index in [-0.39, 0.29) is 17.6 Å². The number of hydrogen-bond acceptors (Lipinski definition) is 5. The summed E-state index contributed by atoms with van der Waals surface area (Å²) in [6.07, 6.45) is 5.63. The molecule has 2 aliphatic rings. The minimum Gasteiger partial charge on any atom is -0.475 e. The quantitative estimate of drug-likeness (QED) is 0.847. The van der Waals surface area contributed by atoms with Crippen molar-refractivity contribution in [1.29, 1.82) is 0 Å². The van der Waals surface area contributed by atoms with Gasteiger partial charge in [0.15, 0.2) is 0 Å². The second-order valence-corrected chi connectivity index (χ2v) is 6.85. The van der Waals surface area contributed by atoms with Crippen molar-refractivity contribution in [2.75, 3.05) is 26.2 Å². The number of carbonyl (C=O) groups excluding carboxylic acids is 1. The van der Waals surface area contributed by atoms with E-state index >= 15 is 0 Å². The highest BCUT2D eigenvalue weighted by Gasteiger charge is 2.30. The van der Waals surface area contributed by atoms with Crippen LogP contribution in [0.3, 0.4) is 0 Å². The van der Waals surface area contributed by atoms with Gasteiger partial charge >= 0.3 is 5.97 Å². The molecular formula is C17H25N3O4. The summed E-state index contributed by atoms with van der Waals surface area (Å²) in [5, 5.41) is 16.1. The van der Waals surface area contributed by atoms with E-state index in [1.807, 2.05) is 4.90 Å². The molecule has 2 fully saturated rings. The summed E-state index contributed by atoms with van der Waals surface area (Å²) in [6.45, 7) is 3.53. The smallest absolute Gasteiger partial charge is 0.374 e. The van der Waals surface area contributed by atoms with E-state index in [0.717, 1.165) is 45.4 Å². The summed E-state index contributed by atoms with van der Waals surface area (Å²) >= 11 is 0. The first kappa shape index (κ1) is 17.0. The van der Waals surface area contributed by atoms with E-state index < -0.39 is 5.97 Å². The lowest BCUT2D eigenvalue weighted by molar-refractivity contribution is -0.133. The Bertz CT molecular complexity index is 580. The lowest BCUT2D eigenvalue weighted by atomic mass is 9.81. The molecule has 2 saturated heterocycles. The lowest BCUT2D eigenvalue weighted by Gasteiger charge is -2.34. The predicted molar refractivity (Wildman–Crippen MR) is 86.7 cm³/mol. The van der Waals surface area contributed by atoms with Gasteiger partial charge in [0.2, 0.25) is 11.7 Å². The largest absolute Gasteiger partial charge is 0.475 e. The van der Waals surface area contributed by atoms with E-state index in [9.17, 15) is 9.59 Å². The van der Waals surface area contributed by atoms with Crippen LogP contribution in [0.2, 0.25) is 0 Å². The zero-order valence-corrected chi connectivity index (χ0v) is 13.9. The third kappa shape index (κ3) is 4.14. The molecule has 0 radical (unpaired) electrons. The Hall–Kier alpha value is -1.89. The Morgan fingerprint density at radius 3 is 2.79 bits per heavy atom. The van der Waals surface area contributed by atoms with Gasteiger partial charge in [-0.25, -0.2) is 4.79 Å². The topological polar surface area (TPSA) is 95.7 Å². The molecule has 7 heteroatoms. The van der Waals surface area contributed by atoms with Crippen molar-refractivity contribution in [3.05, 3.63) is 17.5 Å². The SMILES string of the molecule is O=C(O)c1cc(CC2CNCCC2CC(=O)N2CCCCC2)no1. The molecule has 3 heterocycles. The number of aromatic nitrogens is 1. The fourth-order valence-corrected chi connectivity index (χ4v) is 3.76. The number of aromatic carboxylic acids is 1. The summed E-state index contributed by atoms with van der Waals surface area (Å²) in [5.74, 6) is -0.384. The molecule has 0 spiro atoms. The number of carboxylic acids is 1. The van der Waals surface area contributed by atoms with E-state index in [0.29, 0.717) is 24.5 Å². The second kappa shape index (κ2) is 7.79. The van der Waals surface area contributed by atoms with Crippen LogP contribution in [0.15, 0.2) is 10.6 Å². The number of hydrogen-bond donors (Lipinski definition) is 2. The van der Waals surface area contributed by atoms with Crippen LogP contribution in [0, 0.1) is 11.8 Å². The zero-order chi connectivity index (χ0) is 16.9. The van der Waals surface area contributed by atoms with Gasteiger partial charge in [-0.2, -0.15) is 0 Å². The molecule has 0 aromatic carbocycles. The number of nitrogens with zero attached hydrogens (tertiary/aromatic N) is 2. The van der Waals surface area contributed by atoms with Gasteiger partial charge in [0.1, 0.15) is 0 Å². The van der Waals surface area contributed by atoms with Crippen molar-refractivity contribution in [1.82, 2.24) is 15.4 Å². The maximum atomic E-state index is 12.6. The van der Waals surface area contributed by atoms with Crippen molar-refractivity contribution < 1.29 is 19.2 Å². The fourth-order valence-electron chi connectivity index (χ4n) is 3.76. The van der Waals surface area contributed by atoms with Crippen molar-refractivity contribution >= 4 is 11.9 Å². The molecule has 1 aromatic heterocycles. The minimum atomic E-state index is -1.10. The normalized spacial score (nSPS) is 24.8. The molecule has 132 valence electrons. The van der Waals surface area contributed by atoms with Crippen LogP contribution in [0.4, 0.5) is 0 Å². The Morgan fingerprint density at radius 2 is 2.08 bits per heavy atom. The summed E-state index contributed by atoms with van der Waals surface area (Å²) in [6, 6.07) is 1.49. The van der Waals surface area contributed by atoms with Crippen LogP contribution in [-0.2, 0) is 11.2 Å². The Balaban J connectivity index is 1.59. The molecule has 1 aromatic rings. The molecule has 2 aliphatic heterocycles. The molecule has 24 heavy (non-hydrogen) atoms. The maximum absolute atomic E-state index is 12.6. The fraction of sp³-hybridized carbons (Fsp3) is 0.706. The van der Waals surface area contributed by atoms with Gasteiger partial charge in [0.25, 0.3) is 0 Å². The van der Waals surface area contributed by atoms with Crippen LogP contribution in [-0.4, -0.2) is 53.2 Å². The van der Waals surface area contributed by atoms with Gasteiger partial charge in [-0.05, 0) is 57.0 Å². The van der Waals surface area contributed by atoms with E-state index in [1.165, 1.54) is 12.5 Å². The number of likely N-dealkylation sites (tertiary alicyclic amines) is 1. The van der Waals surface area contributed by atoms with Gasteiger partial charge in [0, 0.05) is 25.6 Å². The molecule has 3 rings (SSSR count). The molecule has 2 unspecified atom stereocenters. The van der Waals surface area contributed by atoms with Crippen molar-refractivity contribution in [2.24, 2.45) is 11.8 Å². The maximum Gasteiger partial charge on any atom is 0.374 e. The van der Waals surface area contributed by atoms with Gasteiger partial charge < -0.3 is 19.8 Å². The van der Waals surface area contributed by atoms with Crippen LogP contribution in [0.5, 0.6) is 0 Å². The summed E-state index contributed by atoms with van der Waals surface area (Å²) in [5.41, 5.74) is 0.650. The number of nitrogens with one attached hydrogen (secondary N) is 1. The average molecular weight is 335 g/mol. The van der Waals surface area contributed by atoms with E-state index in [1.54, 1.807) is 0 Å². The third-order valence-corrected chi connectivity index (χ3v) is 5.15. The lowest BCUT2D eigenvalue weighted by Crippen LogP contribution is -2.42. The molecule has 7 nitrogen and oxygen atoms in total. The predicted octanol–water partition coefficient (Wildman–Crippen LogP) is 1.54. The highest BCUT2D eigenvalue weighted by molar-refractivity contribution is 5.84. The Labute approximate surface area is 141 Å². The Kier molecular flexibility index (Phi) is 5.50. The van der Waals surface area contributed by atoms with Crippen molar-refractivity contribution in [3.63, 3.8) is 0 Å². The minimum absolute atomic E-state index is 0.130. The first-order valence-corrected chi connectivity index (χ1v) is 8.81. The highest BCUT2D eigenvalue weighted by atomic mass is 16.5. The van der Waals surface area contributed by atoms with Crippen LogP contribution >= 0.6 is 0 Å². The molecule has 2 atom stereocenters. The summed E-state index contributed by atoms with van der Waals surface area (Å²) in [4.78, 5) is 25.4. The number of rotatable bonds is 5. The number of amides is 1. The zero-order valence-electron chi connectivity index (χ0n) is 13.9. The number of carboxylic acid groups (broad SMARTS) is 1.